The number of fused-ring (bicyclic) bond motifs is 1. The largest absolute Gasteiger partial charge is 0.493 e. The maximum Gasteiger partial charge on any atom is 0.122 e. The lowest BCUT2D eigenvalue weighted by atomic mass is 10.0. The third-order valence-electron chi connectivity index (χ3n) is 3.43. The summed E-state index contributed by atoms with van der Waals surface area (Å²) in [5, 5.41) is 3.51. The molecular formula is C16H16BrNO. The molecule has 1 atom stereocenters. The molecule has 0 bridgehead atoms. The summed E-state index contributed by atoms with van der Waals surface area (Å²) in [6, 6.07) is 16.7. The fraction of sp³-hybridized carbons (Fsp3) is 0.250. The summed E-state index contributed by atoms with van der Waals surface area (Å²) in [4.78, 5) is 0. The molecular weight excluding hydrogens is 302 g/mol. The number of para-hydroxylation sites is 1. The van der Waals surface area contributed by atoms with Gasteiger partial charge in [-0.3, -0.25) is 0 Å². The van der Waals surface area contributed by atoms with E-state index in [0.29, 0.717) is 5.92 Å². The zero-order chi connectivity index (χ0) is 13.1. The van der Waals surface area contributed by atoms with Gasteiger partial charge in [-0.2, -0.15) is 0 Å². The highest BCUT2D eigenvalue weighted by Crippen LogP contribution is 2.32. The van der Waals surface area contributed by atoms with E-state index in [1.54, 1.807) is 0 Å². The maximum absolute atomic E-state index is 5.68. The van der Waals surface area contributed by atoms with Crippen LogP contribution in [-0.2, 0) is 6.54 Å². The molecule has 3 heteroatoms. The molecule has 98 valence electrons. The highest BCUT2D eigenvalue weighted by molar-refractivity contribution is 9.10. The Morgan fingerprint density at radius 3 is 2.74 bits per heavy atom. The third-order valence-corrected chi connectivity index (χ3v) is 3.96. The second-order valence-electron chi connectivity index (χ2n) is 4.80. The molecule has 0 spiro atoms. The van der Waals surface area contributed by atoms with E-state index in [9.17, 15) is 0 Å². The summed E-state index contributed by atoms with van der Waals surface area (Å²) in [5.74, 6) is 1.50. The fourth-order valence-corrected chi connectivity index (χ4v) is 2.66. The molecule has 1 aliphatic heterocycles. The lowest BCUT2D eigenvalue weighted by Gasteiger charge is -2.10. The van der Waals surface area contributed by atoms with E-state index in [-0.39, 0.29) is 0 Å². The van der Waals surface area contributed by atoms with Crippen molar-refractivity contribution in [3.63, 3.8) is 0 Å². The highest BCUT2D eigenvalue weighted by Gasteiger charge is 2.22. The summed E-state index contributed by atoms with van der Waals surface area (Å²) in [6.07, 6.45) is 0. The van der Waals surface area contributed by atoms with Gasteiger partial charge in [0.25, 0.3) is 0 Å². The summed E-state index contributed by atoms with van der Waals surface area (Å²) < 4.78 is 6.80. The van der Waals surface area contributed by atoms with Crippen molar-refractivity contribution in [3.05, 3.63) is 64.1 Å². The molecule has 3 rings (SSSR count). The molecule has 0 aliphatic carbocycles. The molecule has 0 saturated carbocycles. The molecule has 1 aliphatic rings. The second-order valence-corrected chi connectivity index (χ2v) is 5.72. The van der Waals surface area contributed by atoms with Crippen LogP contribution in [0.5, 0.6) is 5.75 Å². The minimum absolute atomic E-state index is 0.464. The first kappa shape index (κ1) is 12.7. The van der Waals surface area contributed by atoms with Gasteiger partial charge >= 0.3 is 0 Å². The highest BCUT2D eigenvalue weighted by atomic mass is 79.9. The van der Waals surface area contributed by atoms with Crippen LogP contribution in [0.25, 0.3) is 0 Å². The zero-order valence-corrected chi connectivity index (χ0v) is 12.2. The zero-order valence-electron chi connectivity index (χ0n) is 10.6. The van der Waals surface area contributed by atoms with Crippen LogP contribution in [0.1, 0.15) is 17.0 Å². The predicted octanol–water partition coefficient (Wildman–Crippen LogP) is 3.71. The van der Waals surface area contributed by atoms with Gasteiger partial charge in [-0.15, -0.1) is 0 Å². The Labute approximate surface area is 121 Å². The first-order valence-electron chi connectivity index (χ1n) is 6.50. The molecule has 2 aromatic carbocycles. The van der Waals surface area contributed by atoms with E-state index in [1.165, 1.54) is 11.1 Å². The molecule has 0 saturated heterocycles. The fourth-order valence-electron chi connectivity index (χ4n) is 2.39. The van der Waals surface area contributed by atoms with Gasteiger partial charge < -0.3 is 10.1 Å². The lowest BCUT2D eigenvalue weighted by Crippen LogP contribution is -2.22. The van der Waals surface area contributed by atoms with Crippen molar-refractivity contribution < 1.29 is 4.74 Å². The molecule has 1 heterocycles. The number of nitrogens with one attached hydrogen (secondary N) is 1. The quantitative estimate of drug-likeness (QED) is 0.928. The molecule has 2 nitrogen and oxygen atoms in total. The topological polar surface area (TPSA) is 21.3 Å². The Morgan fingerprint density at radius 1 is 1.11 bits per heavy atom. The lowest BCUT2D eigenvalue weighted by molar-refractivity contribution is 0.326. The van der Waals surface area contributed by atoms with Crippen molar-refractivity contribution in [2.75, 3.05) is 13.2 Å². The summed E-state index contributed by atoms with van der Waals surface area (Å²) in [7, 11) is 0. The monoisotopic (exact) mass is 317 g/mol. The second kappa shape index (κ2) is 5.76. The number of halogens is 1. The van der Waals surface area contributed by atoms with Gasteiger partial charge in [-0.05, 0) is 23.8 Å². The standard InChI is InChI=1S/C16H16BrNO/c17-14-7-5-12(6-8-14)9-18-10-13-11-19-16-4-2-1-3-15(13)16/h1-8,13,18H,9-11H2. The molecule has 0 radical (unpaired) electrons. The molecule has 0 aromatic heterocycles. The molecule has 0 amide bonds. The first-order valence-corrected chi connectivity index (χ1v) is 7.29. The minimum atomic E-state index is 0.464. The van der Waals surface area contributed by atoms with E-state index in [0.717, 1.165) is 29.9 Å². The molecule has 0 fully saturated rings. The van der Waals surface area contributed by atoms with Crippen molar-refractivity contribution in [3.8, 4) is 5.75 Å². The van der Waals surface area contributed by atoms with E-state index >= 15 is 0 Å². The van der Waals surface area contributed by atoms with Gasteiger partial charge in [0.15, 0.2) is 0 Å². The van der Waals surface area contributed by atoms with Crippen molar-refractivity contribution in [1.82, 2.24) is 5.32 Å². The van der Waals surface area contributed by atoms with Gasteiger partial charge in [-0.25, -0.2) is 0 Å². The van der Waals surface area contributed by atoms with Crippen molar-refractivity contribution in [2.24, 2.45) is 0 Å². The minimum Gasteiger partial charge on any atom is -0.493 e. The Hall–Kier alpha value is -1.32. The molecule has 1 N–H and O–H groups in total. The summed E-state index contributed by atoms with van der Waals surface area (Å²) >= 11 is 3.45. The Bertz CT molecular complexity index is 553. The van der Waals surface area contributed by atoms with Gasteiger partial charge in [-0.1, -0.05) is 46.3 Å². The van der Waals surface area contributed by atoms with Gasteiger partial charge in [0.1, 0.15) is 5.75 Å². The van der Waals surface area contributed by atoms with Crippen molar-refractivity contribution in [1.29, 1.82) is 0 Å². The first-order chi connectivity index (χ1) is 9.33. The molecule has 19 heavy (non-hydrogen) atoms. The summed E-state index contributed by atoms with van der Waals surface area (Å²) in [6.45, 7) is 2.63. The van der Waals surface area contributed by atoms with Crippen LogP contribution in [-0.4, -0.2) is 13.2 Å². The van der Waals surface area contributed by atoms with Crippen molar-refractivity contribution in [2.45, 2.75) is 12.5 Å². The predicted molar refractivity (Wildman–Crippen MR) is 80.5 cm³/mol. The van der Waals surface area contributed by atoms with Crippen LogP contribution in [0.2, 0.25) is 0 Å². The third kappa shape index (κ3) is 2.99. The van der Waals surface area contributed by atoms with E-state index < -0.39 is 0 Å². The van der Waals surface area contributed by atoms with Gasteiger partial charge in [0.05, 0.1) is 6.61 Å². The van der Waals surface area contributed by atoms with Crippen LogP contribution < -0.4 is 10.1 Å². The average molecular weight is 318 g/mol. The SMILES string of the molecule is Brc1ccc(CNCC2COc3ccccc32)cc1. The van der Waals surface area contributed by atoms with E-state index in [1.807, 2.05) is 12.1 Å². The van der Waals surface area contributed by atoms with E-state index in [2.05, 4.69) is 57.6 Å². The van der Waals surface area contributed by atoms with Gasteiger partial charge in [0.2, 0.25) is 0 Å². The Kier molecular flexibility index (Phi) is 3.85. The number of ether oxygens (including phenoxy) is 1. The normalized spacial score (nSPS) is 17.0. The smallest absolute Gasteiger partial charge is 0.122 e. The van der Waals surface area contributed by atoms with Crippen LogP contribution in [0.4, 0.5) is 0 Å². The summed E-state index contributed by atoms with van der Waals surface area (Å²) in [5.41, 5.74) is 2.63. The number of hydrogen-bond donors (Lipinski definition) is 1. The average Bonchev–Trinajstić information content (AvgIpc) is 2.85. The Balaban J connectivity index is 1.55. The van der Waals surface area contributed by atoms with Crippen molar-refractivity contribution >= 4 is 15.9 Å². The maximum atomic E-state index is 5.68. The van der Waals surface area contributed by atoms with E-state index in [4.69, 9.17) is 4.74 Å². The number of benzene rings is 2. The Morgan fingerprint density at radius 2 is 1.89 bits per heavy atom. The molecule has 2 aromatic rings. The molecule has 1 unspecified atom stereocenters. The van der Waals surface area contributed by atoms with Crippen LogP contribution in [0.15, 0.2) is 53.0 Å². The number of hydrogen-bond acceptors (Lipinski definition) is 2. The van der Waals surface area contributed by atoms with Crippen LogP contribution in [0.3, 0.4) is 0 Å². The van der Waals surface area contributed by atoms with Crippen LogP contribution in [0, 0.1) is 0 Å². The van der Waals surface area contributed by atoms with Crippen LogP contribution >= 0.6 is 15.9 Å². The number of rotatable bonds is 4. The van der Waals surface area contributed by atoms with Gasteiger partial charge in [0, 0.05) is 29.0 Å².